The molecule has 12 heavy (non-hydrogen) atoms. The lowest BCUT2D eigenvalue weighted by molar-refractivity contribution is -0.165. The quantitative estimate of drug-likeness (QED) is 0.353. The molecule has 0 unspecified atom stereocenters. The zero-order valence-electron chi connectivity index (χ0n) is 5.42. The molecule has 1 heterocycles. The maximum absolute atomic E-state index is 10.6. The molecule has 0 radical (unpaired) electrons. The Labute approximate surface area is 67.7 Å². The van der Waals surface area contributed by atoms with Gasteiger partial charge in [0.05, 0.1) is 0 Å². The summed E-state index contributed by atoms with van der Waals surface area (Å²) in [5, 5.41) is 34.1. The molecule has 1 aliphatic heterocycles. The van der Waals surface area contributed by atoms with E-state index in [0.717, 1.165) is 0 Å². The molecule has 8 heteroatoms. The predicted molar refractivity (Wildman–Crippen MR) is 33.3 cm³/mol. The first-order valence-electron chi connectivity index (χ1n) is 2.63. The van der Waals surface area contributed by atoms with Crippen molar-refractivity contribution in [3.63, 3.8) is 0 Å². The van der Waals surface area contributed by atoms with E-state index in [-0.39, 0.29) is 0 Å². The van der Waals surface area contributed by atoms with Crippen LogP contribution in [-0.4, -0.2) is 46.4 Å². The van der Waals surface area contributed by atoms with Crippen molar-refractivity contribution in [2.24, 2.45) is 0 Å². The average molecular weight is 196 g/mol. The van der Waals surface area contributed by atoms with Crippen LogP contribution < -0.4 is 0 Å². The highest BCUT2D eigenvalue weighted by Crippen LogP contribution is 2.48. The van der Waals surface area contributed by atoms with Gasteiger partial charge in [0.1, 0.15) is 10.8 Å². The molecule has 0 aromatic rings. The molecule has 0 aromatic carbocycles. The molecule has 0 aliphatic carbocycles. The molecule has 0 spiro atoms. The van der Waals surface area contributed by atoms with Crippen molar-refractivity contribution < 1.29 is 34.2 Å². The number of hydrogen-bond acceptors (Lipinski definition) is 5. The lowest BCUT2D eigenvalue weighted by atomic mass is 10.2. The van der Waals surface area contributed by atoms with Gasteiger partial charge in [0, 0.05) is 0 Å². The van der Waals surface area contributed by atoms with Gasteiger partial charge in [0.25, 0.3) is 9.87 Å². The summed E-state index contributed by atoms with van der Waals surface area (Å²) < 4.78 is 10.6. The van der Waals surface area contributed by atoms with Crippen LogP contribution in [0.3, 0.4) is 0 Å². The largest absolute Gasteiger partial charge is 0.478 e. The van der Waals surface area contributed by atoms with Crippen LogP contribution in [0.15, 0.2) is 0 Å². The smallest absolute Gasteiger partial charge is 0.354 e. The van der Waals surface area contributed by atoms with Gasteiger partial charge in [0.15, 0.2) is 0 Å². The Morgan fingerprint density at radius 1 is 1.00 bits per heavy atom. The monoisotopic (exact) mass is 196 g/mol. The third-order valence-electron chi connectivity index (χ3n) is 1.53. The second kappa shape index (κ2) is 2.03. The molecule has 1 fully saturated rings. The van der Waals surface area contributed by atoms with Crippen molar-refractivity contribution in [1.82, 2.24) is 0 Å². The summed E-state index contributed by atoms with van der Waals surface area (Å²) >= 11 is 0. The van der Waals surface area contributed by atoms with Crippen molar-refractivity contribution in [3.8, 4) is 0 Å². The van der Waals surface area contributed by atoms with Crippen molar-refractivity contribution in [2.45, 2.75) is 9.87 Å². The van der Waals surface area contributed by atoms with Crippen LogP contribution in [0.2, 0.25) is 0 Å². The number of hydrogen-bond donors (Lipinski definition) is 4. The van der Waals surface area contributed by atoms with Gasteiger partial charge in [-0.15, -0.1) is 0 Å². The molecule has 68 valence electrons. The standard InChI is InChI=1S/C4H4O7S/c5-1(6)3(9)4(10,2(7)8)12(3)11/h9-10H,(H,5,6)(H,7,8)/t3-,4-/m0/s1. The summed E-state index contributed by atoms with van der Waals surface area (Å²) in [5.41, 5.74) is 0. The molecule has 0 bridgehead atoms. The normalized spacial score (nSPS) is 45.3. The lowest BCUT2D eigenvalue weighted by Crippen LogP contribution is -2.39. The van der Waals surface area contributed by atoms with Crippen molar-refractivity contribution in [2.75, 3.05) is 0 Å². The third kappa shape index (κ3) is 0.642. The Balaban J connectivity index is 3.12. The van der Waals surface area contributed by atoms with Crippen LogP contribution in [0.4, 0.5) is 0 Å². The van der Waals surface area contributed by atoms with Gasteiger partial charge in [-0.05, 0) is 0 Å². The van der Waals surface area contributed by atoms with E-state index in [4.69, 9.17) is 20.4 Å². The van der Waals surface area contributed by atoms with Crippen LogP contribution in [-0.2, 0) is 20.4 Å². The number of rotatable bonds is 2. The molecule has 2 atom stereocenters. The fourth-order valence-electron chi connectivity index (χ4n) is 0.733. The van der Waals surface area contributed by atoms with Crippen LogP contribution in [0.1, 0.15) is 0 Å². The van der Waals surface area contributed by atoms with Gasteiger partial charge in [-0.1, -0.05) is 0 Å². The zero-order valence-corrected chi connectivity index (χ0v) is 6.24. The fourth-order valence-corrected chi connectivity index (χ4v) is 1.89. The second-order valence-electron chi connectivity index (χ2n) is 2.17. The van der Waals surface area contributed by atoms with Gasteiger partial charge in [-0.2, -0.15) is 0 Å². The number of aliphatic carboxylic acids is 2. The maximum atomic E-state index is 10.6. The minimum absolute atomic E-state index is 2.02. The minimum Gasteiger partial charge on any atom is -0.478 e. The summed E-state index contributed by atoms with van der Waals surface area (Å²) in [5.74, 6) is -4.04. The zero-order chi connectivity index (χ0) is 9.73. The highest BCUT2D eigenvalue weighted by atomic mass is 32.2. The summed E-state index contributed by atoms with van der Waals surface area (Å²) in [6.07, 6.45) is 0. The summed E-state index contributed by atoms with van der Waals surface area (Å²) in [6.45, 7) is 0. The Kier molecular flexibility index (Phi) is 1.54. The van der Waals surface area contributed by atoms with E-state index < -0.39 is 32.6 Å². The lowest BCUT2D eigenvalue weighted by Gasteiger charge is -2.01. The molecule has 1 rings (SSSR count). The van der Waals surface area contributed by atoms with Crippen LogP contribution in [0.5, 0.6) is 0 Å². The number of carboxylic acids is 2. The number of aliphatic hydroxyl groups is 2. The summed E-state index contributed by atoms with van der Waals surface area (Å²) in [4.78, 5) is 14.2. The summed E-state index contributed by atoms with van der Waals surface area (Å²) in [7, 11) is -2.72. The molecular formula is C4H4O7S. The molecule has 1 saturated heterocycles. The van der Waals surface area contributed by atoms with E-state index in [9.17, 15) is 13.8 Å². The predicted octanol–water partition coefficient (Wildman–Crippen LogP) is -2.70. The topological polar surface area (TPSA) is 132 Å². The van der Waals surface area contributed by atoms with E-state index in [0.29, 0.717) is 0 Å². The SMILES string of the molecule is O=C(O)[C@]1(O)S(=O)[C@@]1(O)C(=O)O. The first kappa shape index (κ1) is 9.10. The molecule has 0 saturated carbocycles. The Morgan fingerprint density at radius 3 is 1.33 bits per heavy atom. The van der Waals surface area contributed by atoms with Crippen LogP contribution >= 0.6 is 0 Å². The molecule has 4 N–H and O–H groups in total. The van der Waals surface area contributed by atoms with Crippen LogP contribution in [0.25, 0.3) is 0 Å². The second-order valence-corrected chi connectivity index (χ2v) is 3.89. The van der Waals surface area contributed by atoms with Gasteiger partial charge in [0.2, 0.25) is 0 Å². The Bertz CT molecular complexity index is 270. The first-order chi connectivity index (χ1) is 5.29. The van der Waals surface area contributed by atoms with E-state index in [2.05, 4.69) is 0 Å². The molecular weight excluding hydrogens is 192 g/mol. The average Bonchev–Trinajstić information content (AvgIpc) is 2.39. The van der Waals surface area contributed by atoms with E-state index in [1.54, 1.807) is 0 Å². The van der Waals surface area contributed by atoms with Crippen molar-refractivity contribution >= 4 is 22.7 Å². The Hall–Kier alpha value is -0.990. The van der Waals surface area contributed by atoms with Gasteiger partial charge in [-0.3, -0.25) is 4.21 Å². The van der Waals surface area contributed by atoms with Gasteiger partial charge in [-0.25, -0.2) is 9.59 Å². The number of carbonyl (C=O) groups is 2. The van der Waals surface area contributed by atoms with E-state index >= 15 is 0 Å². The molecule has 0 amide bonds. The fraction of sp³-hybridized carbons (Fsp3) is 0.500. The van der Waals surface area contributed by atoms with Gasteiger partial charge < -0.3 is 20.4 Å². The Morgan fingerprint density at radius 2 is 1.25 bits per heavy atom. The first-order valence-corrected chi connectivity index (χ1v) is 3.78. The van der Waals surface area contributed by atoms with Crippen molar-refractivity contribution in [1.29, 1.82) is 0 Å². The maximum Gasteiger partial charge on any atom is 0.354 e. The van der Waals surface area contributed by atoms with E-state index in [1.165, 1.54) is 0 Å². The van der Waals surface area contributed by atoms with Crippen molar-refractivity contribution in [3.05, 3.63) is 0 Å². The highest BCUT2D eigenvalue weighted by molar-refractivity contribution is 7.97. The third-order valence-corrected chi connectivity index (χ3v) is 3.34. The highest BCUT2D eigenvalue weighted by Gasteiger charge is 2.87. The minimum atomic E-state index is -3.07. The summed E-state index contributed by atoms with van der Waals surface area (Å²) in [6, 6.07) is 0. The van der Waals surface area contributed by atoms with Crippen LogP contribution in [0, 0.1) is 0 Å². The number of carboxylic acid groups (broad SMARTS) is 2. The molecule has 1 aliphatic rings. The molecule has 0 aromatic heterocycles. The van der Waals surface area contributed by atoms with Gasteiger partial charge >= 0.3 is 11.9 Å². The molecule has 7 nitrogen and oxygen atoms in total. The van der Waals surface area contributed by atoms with E-state index in [1.807, 2.05) is 0 Å².